The molecule has 1 aliphatic rings. The summed E-state index contributed by atoms with van der Waals surface area (Å²) >= 11 is 0. The van der Waals surface area contributed by atoms with Gasteiger partial charge >= 0.3 is 0 Å². The zero-order chi connectivity index (χ0) is 12.6. The third kappa shape index (κ3) is 2.35. The second-order valence-electron chi connectivity index (χ2n) is 6.19. The topological polar surface area (TPSA) is 32.7 Å². The minimum absolute atomic E-state index is 0.0706. The van der Waals surface area contributed by atoms with Gasteiger partial charge in [0, 0.05) is 12.0 Å². The van der Waals surface area contributed by atoms with Crippen molar-refractivity contribution in [1.82, 2.24) is 4.90 Å². The van der Waals surface area contributed by atoms with E-state index in [4.69, 9.17) is 4.43 Å². The lowest BCUT2D eigenvalue weighted by atomic mass is 9.75. The summed E-state index contributed by atoms with van der Waals surface area (Å²) < 4.78 is 6.28. The molecule has 1 fully saturated rings. The zero-order valence-electron chi connectivity index (χ0n) is 11.6. The van der Waals surface area contributed by atoms with Crippen molar-refractivity contribution < 1.29 is 9.53 Å². The van der Waals surface area contributed by atoms with E-state index >= 15 is 0 Å². The number of aliphatic hydroxyl groups excluding tert-OH is 1. The highest BCUT2D eigenvalue weighted by atomic mass is 28.3. The van der Waals surface area contributed by atoms with E-state index in [1.807, 2.05) is 0 Å². The van der Waals surface area contributed by atoms with Gasteiger partial charge in [-0.05, 0) is 33.0 Å². The van der Waals surface area contributed by atoms with Gasteiger partial charge < -0.3 is 9.53 Å². The smallest absolute Gasteiger partial charge is 0.173 e. The third-order valence-corrected chi connectivity index (χ3v) is 4.31. The van der Waals surface area contributed by atoms with Crippen LogP contribution in [-0.2, 0) is 4.43 Å². The second-order valence-corrected chi connectivity index (χ2v) is 8.53. The lowest BCUT2D eigenvalue weighted by molar-refractivity contribution is -0.229. The molecule has 4 heteroatoms. The molecule has 0 radical (unpaired) electrons. The van der Waals surface area contributed by atoms with Gasteiger partial charge in [0.25, 0.3) is 0 Å². The lowest BCUT2D eigenvalue weighted by Gasteiger charge is -2.56. The number of likely N-dealkylation sites (N-methyl/N-ethyl adjacent to an activating group) is 1. The van der Waals surface area contributed by atoms with E-state index in [0.29, 0.717) is 0 Å². The number of likely N-dealkylation sites (tertiary alicyclic amines) is 1. The lowest BCUT2D eigenvalue weighted by Crippen LogP contribution is -2.68. The van der Waals surface area contributed by atoms with Gasteiger partial charge in [0.2, 0.25) is 0 Å². The first-order valence-corrected chi connectivity index (χ1v) is 9.07. The van der Waals surface area contributed by atoms with Gasteiger partial charge in [0.1, 0.15) is 5.72 Å². The Hall–Kier alpha value is 0.0969. The molecule has 0 saturated carbocycles. The van der Waals surface area contributed by atoms with Crippen LogP contribution in [0.3, 0.4) is 0 Å². The molecule has 1 N–H and O–H groups in total. The standard InChI is InChI=1S/C12H27NO2Si/c1-11(2,3)12(15-16(5)6)10(14)8-7-9-13(12)4/h10,14,16H,7-9H2,1-6H3. The van der Waals surface area contributed by atoms with Crippen LogP contribution < -0.4 is 0 Å². The Morgan fingerprint density at radius 2 is 1.94 bits per heavy atom. The molecule has 0 aliphatic carbocycles. The number of piperidine rings is 1. The largest absolute Gasteiger partial charge is 0.400 e. The third-order valence-electron chi connectivity index (χ3n) is 3.48. The first-order valence-electron chi connectivity index (χ1n) is 6.29. The molecule has 16 heavy (non-hydrogen) atoms. The second kappa shape index (κ2) is 4.76. The Morgan fingerprint density at radius 3 is 2.31 bits per heavy atom. The minimum Gasteiger partial charge on any atom is -0.400 e. The van der Waals surface area contributed by atoms with Gasteiger partial charge in [-0.15, -0.1) is 0 Å². The molecule has 1 saturated heterocycles. The molecule has 0 amide bonds. The van der Waals surface area contributed by atoms with E-state index in [0.717, 1.165) is 19.4 Å². The molecule has 3 nitrogen and oxygen atoms in total. The van der Waals surface area contributed by atoms with E-state index in [1.54, 1.807) is 0 Å². The number of aliphatic hydroxyl groups is 1. The highest BCUT2D eigenvalue weighted by Crippen LogP contribution is 2.43. The van der Waals surface area contributed by atoms with E-state index in [9.17, 15) is 5.11 Å². The Labute approximate surface area is 102 Å². The predicted molar refractivity (Wildman–Crippen MR) is 70.0 cm³/mol. The molecule has 0 spiro atoms. The summed E-state index contributed by atoms with van der Waals surface area (Å²) in [5.74, 6) is 0. The average molecular weight is 245 g/mol. The van der Waals surface area contributed by atoms with Gasteiger partial charge in [-0.1, -0.05) is 20.8 Å². The summed E-state index contributed by atoms with van der Waals surface area (Å²) in [6.45, 7) is 11.8. The molecule has 0 aromatic heterocycles. The molecular weight excluding hydrogens is 218 g/mol. The van der Waals surface area contributed by atoms with Gasteiger partial charge in [-0.2, -0.15) is 0 Å². The maximum atomic E-state index is 10.4. The quantitative estimate of drug-likeness (QED) is 0.753. The number of nitrogens with zero attached hydrogens (tertiary/aromatic N) is 1. The van der Waals surface area contributed by atoms with Crippen LogP contribution in [0.25, 0.3) is 0 Å². The fraction of sp³-hybridized carbons (Fsp3) is 1.00. The Bertz CT molecular complexity index is 228. The van der Waals surface area contributed by atoms with Crippen LogP contribution in [0.1, 0.15) is 33.6 Å². The minimum atomic E-state index is -1.19. The maximum absolute atomic E-state index is 10.4. The first-order chi connectivity index (χ1) is 7.22. The highest BCUT2D eigenvalue weighted by Gasteiger charge is 2.53. The Kier molecular flexibility index (Phi) is 4.22. The average Bonchev–Trinajstić information content (AvgIpc) is 2.09. The van der Waals surface area contributed by atoms with Crippen LogP contribution in [0.2, 0.25) is 13.1 Å². The van der Waals surface area contributed by atoms with Crippen molar-refractivity contribution in [2.75, 3.05) is 13.6 Å². The van der Waals surface area contributed by atoms with E-state index < -0.39 is 14.8 Å². The predicted octanol–water partition coefficient (Wildman–Crippen LogP) is 1.82. The summed E-state index contributed by atoms with van der Waals surface area (Å²) in [7, 11) is 0.885. The van der Waals surface area contributed by atoms with Crippen molar-refractivity contribution >= 4 is 9.04 Å². The molecule has 2 unspecified atom stereocenters. The summed E-state index contributed by atoms with van der Waals surface area (Å²) in [6, 6.07) is 0. The maximum Gasteiger partial charge on any atom is 0.173 e. The molecule has 1 heterocycles. The molecule has 0 aromatic rings. The zero-order valence-corrected chi connectivity index (χ0v) is 12.7. The summed E-state index contributed by atoms with van der Waals surface area (Å²) in [4.78, 5) is 2.22. The molecular formula is C12H27NO2Si. The summed E-state index contributed by atoms with van der Waals surface area (Å²) in [5, 5.41) is 10.4. The molecule has 1 aliphatic heterocycles. The summed E-state index contributed by atoms with van der Waals surface area (Å²) in [6.07, 6.45) is 1.53. The van der Waals surface area contributed by atoms with Crippen molar-refractivity contribution in [1.29, 1.82) is 0 Å². The number of hydrogen-bond acceptors (Lipinski definition) is 3. The highest BCUT2D eigenvalue weighted by molar-refractivity contribution is 6.48. The van der Waals surface area contributed by atoms with E-state index in [1.165, 1.54) is 0 Å². The fourth-order valence-corrected chi connectivity index (χ4v) is 4.32. The molecule has 0 bridgehead atoms. The van der Waals surface area contributed by atoms with Gasteiger partial charge in [0.05, 0.1) is 6.10 Å². The number of hydrogen-bond donors (Lipinski definition) is 1. The molecule has 1 rings (SSSR count). The van der Waals surface area contributed by atoms with Crippen molar-refractivity contribution in [2.24, 2.45) is 5.41 Å². The van der Waals surface area contributed by atoms with Gasteiger partial charge in [-0.3, -0.25) is 4.90 Å². The number of rotatable bonds is 2. The van der Waals surface area contributed by atoms with Crippen LogP contribution >= 0.6 is 0 Å². The fourth-order valence-electron chi connectivity index (χ4n) is 2.91. The van der Waals surface area contributed by atoms with Crippen LogP contribution in [0.15, 0.2) is 0 Å². The normalized spacial score (nSPS) is 33.4. The van der Waals surface area contributed by atoms with Crippen molar-refractivity contribution in [3.8, 4) is 0 Å². The van der Waals surface area contributed by atoms with Crippen molar-refractivity contribution in [3.63, 3.8) is 0 Å². The SMILES string of the molecule is CN1CCCC(O)C1(O[SiH](C)C)C(C)(C)C. The van der Waals surface area contributed by atoms with Crippen LogP contribution in [-0.4, -0.2) is 44.5 Å². The van der Waals surface area contributed by atoms with Gasteiger partial charge in [-0.25, -0.2) is 0 Å². The van der Waals surface area contributed by atoms with Crippen LogP contribution in [0.5, 0.6) is 0 Å². The molecule has 96 valence electrons. The molecule has 0 aromatic carbocycles. The van der Waals surface area contributed by atoms with Crippen molar-refractivity contribution in [2.45, 2.75) is 58.5 Å². The van der Waals surface area contributed by atoms with Crippen LogP contribution in [0, 0.1) is 5.41 Å². The monoisotopic (exact) mass is 245 g/mol. The van der Waals surface area contributed by atoms with E-state index in [-0.39, 0.29) is 11.5 Å². The van der Waals surface area contributed by atoms with Crippen LogP contribution in [0.4, 0.5) is 0 Å². The molecule has 2 atom stereocenters. The Morgan fingerprint density at radius 1 is 1.38 bits per heavy atom. The van der Waals surface area contributed by atoms with E-state index in [2.05, 4.69) is 45.8 Å². The Balaban J connectivity index is 3.09. The van der Waals surface area contributed by atoms with Gasteiger partial charge in [0.15, 0.2) is 9.04 Å². The first kappa shape index (κ1) is 14.2. The summed E-state index contributed by atoms with van der Waals surface area (Å²) in [5.41, 5.74) is -0.565. The van der Waals surface area contributed by atoms with Crippen molar-refractivity contribution in [3.05, 3.63) is 0 Å².